The number of hydrogen-bond donors (Lipinski definition) is 0. The van der Waals surface area contributed by atoms with Gasteiger partial charge in [0.2, 0.25) is 0 Å². The van der Waals surface area contributed by atoms with Gasteiger partial charge < -0.3 is 4.79 Å². The fourth-order valence-corrected chi connectivity index (χ4v) is 1.07. The maximum absolute atomic E-state index is 10.6. The number of carbonyl (C=O) groups is 1. The zero-order chi connectivity index (χ0) is 9.19. The second kappa shape index (κ2) is 3.09. The van der Waals surface area contributed by atoms with Crippen molar-refractivity contribution in [1.29, 1.82) is 0 Å². The average Bonchev–Trinajstić information content (AvgIpc) is 2.35. The van der Waals surface area contributed by atoms with E-state index in [9.17, 15) is 4.79 Å². The Kier molecular flexibility index (Phi) is 2.31. The van der Waals surface area contributed by atoms with E-state index in [1.54, 1.807) is 4.68 Å². The van der Waals surface area contributed by atoms with Crippen molar-refractivity contribution in [2.45, 2.75) is 20.3 Å². The van der Waals surface area contributed by atoms with E-state index < -0.39 is 0 Å². The Morgan fingerprint density at radius 1 is 1.67 bits per heavy atom. The van der Waals surface area contributed by atoms with Crippen molar-refractivity contribution in [1.82, 2.24) is 9.78 Å². The standard InChI is InChI=1S/C9H14N2O/c1-9(2,7-12)6-8-4-5-11(3)10-8/h4-5,7H,6H2,1-3H3. The van der Waals surface area contributed by atoms with E-state index in [0.717, 1.165) is 12.0 Å². The molecule has 0 atom stereocenters. The summed E-state index contributed by atoms with van der Waals surface area (Å²) in [5, 5.41) is 4.20. The van der Waals surface area contributed by atoms with Gasteiger partial charge in [0, 0.05) is 25.1 Å². The van der Waals surface area contributed by atoms with Crippen LogP contribution in [0.15, 0.2) is 12.3 Å². The highest BCUT2D eigenvalue weighted by Crippen LogP contribution is 2.17. The molecule has 0 amide bonds. The lowest BCUT2D eigenvalue weighted by molar-refractivity contribution is -0.114. The van der Waals surface area contributed by atoms with E-state index in [1.165, 1.54) is 0 Å². The van der Waals surface area contributed by atoms with E-state index in [1.807, 2.05) is 33.2 Å². The molecule has 0 N–H and O–H groups in total. The fourth-order valence-electron chi connectivity index (χ4n) is 1.07. The Morgan fingerprint density at radius 2 is 2.33 bits per heavy atom. The number of aldehydes is 1. The van der Waals surface area contributed by atoms with E-state index >= 15 is 0 Å². The minimum absolute atomic E-state index is 0.297. The van der Waals surface area contributed by atoms with Gasteiger partial charge in [-0.2, -0.15) is 5.10 Å². The molecule has 1 rings (SSSR count). The monoisotopic (exact) mass is 166 g/mol. The lowest BCUT2D eigenvalue weighted by atomic mass is 9.90. The maximum Gasteiger partial charge on any atom is 0.125 e. The second-order valence-electron chi connectivity index (χ2n) is 3.76. The van der Waals surface area contributed by atoms with Crippen molar-refractivity contribution < 1.29 is 4.79 Å². The highest BCUT2D eigenvalue weighted by molar-refractivity contribution is 5.58. The molecule has 66 valence electrons. The molecule has 0 bridgehead atoms. The first-order valence-electron chi connectivity index (χ1n) is 3.98. The van der Waals surface area contributed by atoms with Gasteiger partial charge in [-0.15, -0.1) is 0 Å². The van der Waals surface area contributed by atoms with Gasteiger partial charge in [-0.1, -0.05) is 13.8 Å². The van der Waals surface area contributed by atoms with Crippen LogP contribution in [0.2, 0.25) is 0 Å². The molecule has 1 aromatic heterocycles. The van der Waals surface area contributed by atoms with Gasteiger partial charge in [-0.25, -0.2) is 0 Å². The average molecular weight is 166 g/mol. The molecule has 0 aliphatic carbocycles. The zero-order valence-electron chi connectivity index (χ0n) is 7.74. The Balaban J connectivity index is 2.69. The van der Waals surface area contributed by atoms with E-state index in [-0.39, 0.29) is 5.41 Å². The number of nitrogens with zero attached hydrogens (tertiary/aromatic N) is 2. The molecule has 0 aliphatic rings. The molecule has 0 aromatic carbocycles. The second-order valence-corrected chi connectivity index (χ2v) is 3.76. The Bertz CT molecular complexity index is 276. The Morgan fingerprint density at radius 3 is 2.75 bits per heavy atom. The number of aryl methyl sites for hydroxylation is 1. The van der Waals surface area contributed by atoms with Crippen LogP contribution in [0.4, 0.5) is 0 Å². The molecule has 0 unspecified atom stereocenters. The molecule has 0 spiro atoms. The lowest BCUT2D eigenvalue weighted by Crippen LogP contribution is -2.16. The van der Waals surface area contributed by atoms with Crippen LogP contribution in [-0.4, -0.2) is 16.1 Å². The van der Waals surface area contributed by atoms with Crippen molar-refractivity contribution in [3.05, 3.63) is 18.0 Å². The van der Waals surface area contributed by atoms with Gasteiger partial charge in [0.05, 0.1) is 5.69 Å². The van der Waals surface area contributed by atoms with Crippen molar-refractivity contribution in [2.24, 2.45) is 12.5 Å². The first-order chi connectivity index (χ1) is 5.53. The summed E-state index contributed by atoms with van der Waals surface area (Å²) in [6.07, 6.45) is 3.56. The highest BCUT2D eigenvalue weighted by Gasteiger charge is 2.18. The SMILES string of the molecule is Cn1ccc(CC(C)(C)C=O)n1. The van der Waals surface area contributed by atoms with E-state index in [4.69, 9.17) is 0 Å². The largest absolute Gasteiger partial charge is 0.303 e. The van der Waals surface area contributed by atoms with E-state index in [2.05, 4.69) is 5.10 Å². The number of hydrogen-bond acceptors (Lipinski definition) is 2. The summed E-state index contributed by atoms with van der Waals surface area (Å²) < 4.78 is 1.75. The molecule has 3 nitrogen and oxygen atoms in total. The predicted molar refractivity (Wildman–Crippen MR) is 46.8 cm³/mol. The summed E-state index contributed by atoms with van der Waals surface area (Å²) in [5.41, 5.74) is 0.670. The Hall–Kier alpha value is -1.12. The van der Waals surface area contributed by atoms with Crippen molar-refractivity contribution >= 4 is 6.29 Å². The van der Waals surface area contributed by atoms with Gasteiger partial charge in [0.15, 0.2) is 0 Å². The molecule has 0 saturated carbocycles. The molecular formula is C9H14N2O. The van der Waals surface area contributed by atoms with Crippen LogP contribution >= 0.6 is 0 Å². The number of rotatable bonds is 3. The van der Waals surface area contributed by atoms with Gasteiger partial charge >= 0.3 is 0 Å². The molecule has 0 radical (unpaired) electrons. The van der Waals surface area contributed by atoms with Crippen LogP contribution in [0.5, 0.6) is 0 Å². The quantitative estimate of drug-likeness (QED) is 0.632. The summed E-state index contributed by atoms with van der Waals surface area (Å²) in [4.78, 5) is 10.6. The summed E-state index contributed by atoms with van der Waals surface area (Å²) in [7, 11) is 1.87. The smallest absolute Gasteiger partial charge is 0.125 e. The minimum Gasteiger partial charge on any atom is -0.303 e. The predicted octanol–water partition coefficient (Wildman–Crippen LogP) is 1.19. The Labute approximate surface area is 72.4 Å². The summed E-state index contributed by atoms with van der Waals surface area (Å²) in [6, 6.07) is 1.94. The third kappa shape index (κ3) is 2.19. The molecule has 0 fully saturated rings. The topological polar surface area (TPSA) is 34.9 Å². The molecular weight excluding hydrogens is 152 g/mol. The van der Waals surface area contributed by atoms with Gasteiger partial charge in [0.1, 0.15) is 6.29 Å². The van der Waals surface area contributed by atoms with Crippen LogP contribution in [0, 0.1) is 5.41 Å². The first-order valence-corrected chi connectivity index (χ1v) is 3.98. The minimum atomic E-state index is -0.297. The fraction of sp³-hybridized carbons (Fsp3) is 0.556. The lowest BCUT2D eigenvalue weighted by Gasteiger charge is -2.13. The van der Waals surface area contributed by atoms with Crippen LogP contribution in [0.3, 0.4) is 0 Å². The third-order valence-electron chi connectivity index (χ3n) is 1.72. The van der Waals surface area contributed by atoms with Gasteiger partial charge in [-0.3, -0.25) is 4.68 Å². The number of aromatic nitrogens is 2. The maximum atomic E-state index is 10.6. The van der Waals surface area contributed by atoms with Gasteiger partial charge in [-0.05, 0) is 6.07 Å². The highest BCUT2D eigenvalue weighted by atomic mass is 16.1. The van der Waals surface area contributed by atoms with Crippen LogP contribution in [0.25, 0.3) is 0 Å². The zero-order valence-corrected chi connectivity index (χ0v) is 7.74. The molecule has 12 heavy (non-hydrogen) atoms. The van der Waals surface area contributed by atoms with Crippen molar-refractivity contribution in [2.75, 3.05) is 0 Å². The van der Waals surface area contributed by atoms with Crippen LogP contribution < -0.4 is 0 Å². The molecule has 1 aromatic rings. The third-order valence-corrected chi connectivity index (χ3v) is 1.72. The summed E-state index contributed by atoms with van der Waals surface area (Å²) >= 11 is 0. The van der Waals surface area contributed by atoms with Crippen LogP contribution in [0.1, 0.15) is 19.5 Å². The molecule has 3 heteroatoms. The van der Waals surface area contributed by atoms with Gasteiger partial charge in [0.25, 0.3) is 0 Å². The molecule has 0 aliphatic heterocycles. The van der Waals surface area contributed by atoms with E-state index in [0.29, 0.717) is 6.42 Å². The summed E-state index contributed by atoms with van der Waals surface area (Å²) in [5.74, 6) is 0. The van der Waals surface area contributed by atoms with Crippen LogP contribution in [-0.2, 0) is 18.3 Å². The normalized spacial score (nSPS) is 11.6. The van der Waals surface area contributed by atoms with Crippen molar-refractivity contribution in [3.8, 4) is 0 Å². The van der Waals surface area contributed by atoms with Crippen molar-refractivity contribution in [3.63, 3.8) is 0 Å². The molecule has 1 heterocycles. The summed E-state index contributed by atoms with van der Waals surface area (Å²) in [6.45, 7) is 3.82. The number of carbonyl (C=O) groups excluding carboxylic acids is 1. The molecule has 0 saturated heterocycles. The first kappa shape index (κ1) is 8.97.